The van der Waals surface area contributed by atoms with Crippen LogP contribution in [0.5, 0.6) is 0 Å². The van der Waals surface area contributed by atoms with Gasteiger partial charge in [-0.25, -0.2) is 0 Å². The van der Waals surface area contributed by atoms with Crippen LogP contribution >= 0.6 is 0 Å². The molecule has 1 amide bonds. The average molecular weight is 411 g/mol. The smallest absolute Gasteiger partial charge is 0.303 e. The monoisotopic (exact) mass is 411 g/mol. The largest absolute Gasteiger partial charge is 0.481 e. The summed E-state index contributed by atoms with van der Waals surface area (Å²) in [4.78, 5) is 50.1. The van der Waals surface area contributed by atoms with E-state index < -0.39 is 11.9 Å². The Morgan fingerprint density at radius 3 is 1.64 bits per heavy atom. The Kier molecular flexibility index (Phi) is 38.4. The van der Waals surface area contributed by atoms with Gasteiger partial charge in [0.2, 0.25) is 5.91 Å². The summed E-state index contributed by atoms with van der Waals surface area (Å²) in [6.45, 7) is 6.99. The van der Waals surface area contributed by atoms with Crippen LogP contribution in [-0.4, -0.2) is 82.0 Å². The number of nitrogens with zero attached hydrogens (tertiary/aromatic N) is 1. The number of aliphatic carboxylic acids is 2. The van der Waals surface area contributed by atoms with Crippen LogP contribution in [-0.2, 0) is 24.0 Å². The molecule has 168 valence electrons. The lowest BCUT2D eigenvalue weighted by Gasteiger charge is -2.27. The predicted molar refractivity (Wildman–Crippen MR) is 105 cm³/mol. The fraction of sp³-hybridized carbons (Fsp3) is 0.722. The molecule has 4 N–H and O–H groups in total. The molecule has 0 saturated carbocycles. The topological polar surface area (TPSA) is 170 Å². The zero-order valence-electron chi connectivity index (χ0n) is 16.3. The molecule has 0 aromatic heterocycles. The molecule has 0 aromatic rings. The van der Waals surface area contributed by atoms with E-state index in [0.717, 1.165) is 0 Å². The van der Waals surface area contributed by atoms with E-state index in [4.69, 9.17) is 25.2 Å². The maximum absolute atomic E-state index is 11.6. The molecular weight excluding hydrogens is 374 g/mol. The van der Waals surface area contributed by atoms with Crippen molar-refractivity contribution in [1.82, 2.24) is 4.90 Å². The first-order valence-electron chi connectivity index (χ1n) is 8.38. The molecule has 0 aromatic carbocycles. The van der Waals surface area contributed by atoms with Crippen molar-refractivity contribution in [3.63, 3.8) is 0 Å². The minimum Gasteiger partial charge on any atom is -0.481 e. The van der Waals surface area contributed by atoms with Crippen molar-refractivity contribution in [2.24, 2.45) is 0 Å². The standard InChI is InChI=1S/C10H19NO4.2C3H6O2.CH2O.CH4/c1-9(4-7-13)11(5-8-14)10(15)3-2-6-12;2*1-2-3(4)5;1-2;/h8-9,12-13H,2-7H2,1H3;2*2H2,1H3,(H,4,5);1H2;1H4. The Hall–Kier alpha value is -2.33. The van der Waals surface area contributed by atoms with E-state index in [1.165, 1.54) is 4.90 Å². The number of aliphatic hydroxyl groups excluding tert-OH is 2. The predicted octanol–water partition coefficient (Wildman–Crippen LogP) is 0.971. The lowest BCUT2D eigenvalue weighted by atomic mass is 10.2. The number of carboxylic acid groups (broad SMARTS) is 2. The fourth-order valence-electron chi connectivity index (χ4n) is 1.32. The molecule has 0 spiro atoms. The van der Waals surface area contributed by atoms with Gasteiger partial charge in [0.15, 0.2) is 0 Å². The van der Waals surface area contributed by atoms with Crippen molar-refractivity contribution in [2.75, 3.05) is 19.8 Å². The summed E-state index contributed by atoms with van der Waals surface area (Å²) in [5.41, 5.74) is 0. The van der Waals surface area contributed by atoms with Crippen LogP contribution in [0.15, 0.2) is 0 Å². The summed E-state index contributed by atoms with van der Waals surface area (Å²) in [7, 11) is 0. The van der Waals surface area contributed by atoms with Crippen LogP contribution in [0.3, 0.4) is 0 Å². The van der Waals surface area contributed by atoms with Crippen molar-refractivity contribution in [3.8, 4) is 0 Å². The van der Waals surface area contributed by atoms with Crippen LogP contribution in [0.2, 0.25) is 0 Å². The molecule has 0 bridgehead atoms. The van der Waals surface area contributed by atoms with Gasteiger partial charge < -0.3 is 34.9 Å². The summed E-state index contributed by atoms with van der Waals surface area (Å²) in [6, 6.07) is -0.147. The average Bonchev–Trinajstić information content (AvgIpc) is 2.66. The fourth-order valence-corrected chi connectivity index (χ4v) is 1.32. The minimum absolute atomic E-state index is 0. The van der Waals surface area contributed by atoms with E-state index >= 15 is 0 Å². The summed E-state index contributed by atoms with van der Waals surface area (Å²) in [5.74, 6) is -1.65. The number of carbonyl (C=O) groups is 5. The zero-order valence-corrected chi connectivity index (χ0v) is 16.3. The lowest BCUT2D eigenvalue weighted by Crippen LogP contribution is -2.40. The van der Waals surface area contributed by atoms with Crippen molar-refractivity contribution >= 4 is 30.9 Å². The van der Waals surface area contributed by atoms with Gasteiger partial charge >= 0.3 is 11.9 Å². The number of hydrogen-bond acceptors (Lipinski definition) is 7. The Morgan fingerprint density at radius 2 is 1.39 bits per heavy atom. The molecule has 0 aliphatic rings. The normalized spacial score (nSPS) is 9.32. The molecule has 0 aliphatic carbocycles. The molecule has 0 heterocycles. The molecule has 1 unspecified atom stereocenters. The number of hydrogen-bond donors (Lipinski definition) is 4. The summed E-state index contributed by atoms with van der Waals surface area (Å²) in [5, 5.41) is 32.8. The summed E-state index contributed by atoms with van der Waals surface area (Å²) >= 11 is 0. The van der Waals surface area contributed by atoms with Gasteiger partial charge in [-0.2, -0.15) is 0 Å². The van der Waals surface area contributed by atoms with Crippen molar-refractivity contribution in [2.45, 2.75) is 66.3 Å². The van der Waals surface area contributed by atoms with E-state index in [0.29, 0.717) is 19.1 Å². The molecule has 28 heavy (non-hydrogen) atoms. The van der Waals surface area contributed by atoms with Crippen molar-refractivity contribution in [1.29, 1.82) is 0 Å². The molecular formula is C18H37NO9. The quantitative estimate of drug-likeness (QED) is 0.382. The van der Waals surface area contributed by atoms with E-state index in [1.54, 1.807) is 20.8 Å². The molecule has 0 aliphatic heterocycles. The highest BCUT2D eigenvalue weighted by molar-refractivity contribution is 5.78. The van der Waals surface area contributed by atoms with Crippen LogP contribution in [0.4, 0.5) is 0 Å². The van der Waals surface area contributed by atoms with Gasteiger partial charge in [-0.15, -0.1) is 0 Å². The third-order valence-electron chi connectivity index (χ3n) is 2.82. The van der Waals surface area contributed by atoms with Crippen molar-refractivity contribution in [3.05, 3.63) is 0 Å². The van der Waals surface area contributed by atoms with E-state index in [9.17, 15) is 19.2 Å². The third kappa shape index (κ3) is 31.4. The van der Waals surface area contributed by atoms with Gasteiger partial charge in [-0.05, 0) is 19.8 Å². The number of aliphatic hydroxyl groups is 2. The second kappa shape index (κ2) is 29.4. The summed E-state index contributed by atoms with van der Waals surface area (Å²) < 4.78 is 0. The molecule has 0 fully saturated rings. The van der Waals surface area contributed by atoms with E-state index in [2.05, 4.69) is 0 Å². The second-order valence-corrected chi connectivity index (χ2v) is 4.90. The number of carboxylic acids is 2. The van der Waals surface area contributed by atoms with Crippen LogP contribution in [0, 0.1) is 0 Å². The van der Waals surface area contributed by atoms with Crippen LogP contribution in [0.25, 0.3) is 0 Å². The summed E-state index contributed by atoms with van der Waals surface area (Å²) in [6.07, 6.45) is 2.21. The maximum atomic E-state index is 11.6. The minimum atomic E-state index is -0.745. The Bertz CT molecular complexity index is 375. The molecule has 0 rings (SSSR count). The zero-order chi connectivity index (χ0) is 22.3. The number of rotatable bonds is 10. The lowest BCUT2D eigenvalue weighted by molar-refractivity contribution is -0.137. The van der Waals surface area contributed by atoms with Crippen LogP contribution in [0.1, 0.15) is 60.3 Å². The highest BCUT2D eigenvalue weighted by Crippen LogP contribution is 2.06. The Balaban J connectivity index is -0.000000112. The SMILES string of the molecule is C.C=O.CC(CCO)N(CC=O)C(=O)CCCO.CCC(=O)O.CCC(=O)O. The Labute approximate surface area is 167 Å². The van der Waals surface area contributed by atoms with Gasteiger partial charge in [0.05, 0.1) is 6.54 Å². The third-order valence-corrected chi connectivity index (χ3v) is 2.82. The second-order valence-electron chi connectivity index (χ2n) is 4.90. The molecule has 10 heteroatoms. The number of aldehydes is 1. The van der Waals surface area contributed by atoms with Crippen LogP contribution < -0.4 is 0 Å². The highest BCUT2D eigenvalue weighted by Gasteiger charge is 2.18. The highest BCUT2D eigenvalue weighted by atomic mass is 16.4. The van der Waals surface area contributed by atoms with E-state index in [-0.39, 0.29) is 58.4 Å². The van der Waals surface area contributed by atoms with Gasteiger partial charge in [0, 0.05) is 38.5 Å². The van der Waals surface area contributed by atoms with Gasteiger partial charge in [0.25, 0.3) is 0 Å². The number of carbonyl (C=O) groups excluding carboxylic acids is 3. The van der Waals surface area contributed by atoms with Gasteiger partial charge in [-0.3, -0.25) is 14.4 Å². The molecule has 10 nitrogen and oxygen atoms in total. The maximum Gasteiger partial charge on any atom is 0.303 e. The van der Waals surface area contributed by atoms with Crippen molar-refractivity contribution < 1.29 is 44.4 Å². The first-order chi connectivity index (χ1) is 12.7. The Morgan fingerprint density at radius 1 is 1.00 bits per heavy atom. The van der Waals surface area contributed by atoms with E-state index in [1.807, 2.05) is 6.79 Å². The molecule has 0 saturated heterocycles. The van der Waals surface area contributed by atoms with Gasteiger partial charge in [0.1, 0.15) is 13.1 Å². The van der Waals surface area contributed by atoms with Gasteiger partial charge in [-0.1, -0.05) is 21.3 Å². The number of amides is 1. The first kappa shape index (κ1) is 36.6. The molecule has 1 atom stereocenters. The first-order valence-corrected chi connectivity index (χ1v) is 8.38. The molecule has 0 radical (unpaired) electrons.